The van der Waals surface area contributed by atoms with E-state index in [0.29, 0.717) is 54.7 Å². The van der Waals surface area contributed by atoms with Crippen molar-refractivity contribution in [1.82, 2.24) is 24.8 Å². The van der Waals surface area contributed by atoms with Crippen LogP contribution in [0.3, 0.4) is 0 Å². The lowest BCUT2D eigenvalue weighted by Crippen LogP contribution is -2.56. The Balaban J connectivity index is 1.47. The van der Waals surface area contributed by atoms with E-state index in [-0.39, 0.29) is 17.9 Å². The molecule has 9 heteroatoms. The van der Waals surface area contributed by atoms with Crippen LogP contribution >= 0.6 is 11.3 Å². The molecule has 8 nitrogen and oxygen atoms in total. The van der Waals surface area contributed by atoms with Crippen molar-refractivity contribution in [2.24, 2.45) is 0 Å². The van der Waals surface area contributed by atoms with Crippen LogP contribution in [0.15, 0.2) is 18.5 Å². The molecule has 0 unspecified atom stereocenters. The van der Waals surface area contributed by atoms with Gasteiger partial charge in [0.15, 0.2) is 16.6 Å². The average molecular weight is 399 g/mol. The van der Waals surface area contributed by atoms with Crippen LogP contribution in [0.2, 0.25) is 0 Å². The Kier molecular flexibility index (Phi) is 4.17. The summed E-state index contributed by atoms with van der Waals surface area (Å²) in [6.07, 6.45) is 5.84. The fraction of sp³-hybridized carbons (Fsp3) is 0.526. The Morgan fingerprint density at radius 1 is 1.36 bits per heavy atom. The minimum Gasteiger partial charge on any atom is -0.353 e. The van der Waals surface area contributed by atoms with Crippen molar-refractivity contribution in [3.8, 4) is 10.8 Å². The van der Waals surface area contributed by atoms with Crippen LogP contribution in [-0.4, -0.2) is 68.0 Å². The van der Waals surface area contributed by atoms with Crippen molar-refractivity contribution in [3.05, 3.63) is 29.0 Å². The SMILES string of the molecule is CCc1nc(-c2ncccn2)sc1C(=O)N1CC[C@@]23OCCCN2C(=O)C[C@@H]13. The monoisotopic (exact) mass is 399 g/mol. The van der Waals surface area contributed by atoms with Crippen LogP contribution in [0.4, 0.5) is 0 Å². The summed E-state index contributed by atoms with van der Waals surface area (Å²) in [6, 6.07) is 1.52. The number of nitrogens with zero attached hydrogens (tertiary/aromatic N) is 5. The molecule has 146 valence electrons. The van der Waals surface area contributed by atoms with E-state index in [1.165, 1.54) is 11.3 Å². The summed E-state index contributed by atoms with van der Waals surface area (Å²) in [5, 5.41) is 0.646. The molecule has 3 aliphatic heterocycles. The van der Waals surface area contributed by atoms with E-state index in [2.05, 4.69) is 15.0 Å². The summed E-state index contributed by atoms with van der Waals surface area (Å²) < 4.78 is 6.11. The zero-order valence-electron chi connectivity index (χ0n) is 15.6. The Morgan fingerprint density at radius 3 is 2.96 bits per heavy atom. The van der Waals surface area contributed by atoms with Gasteiger partial charge in [0.05, 0.1) is 24.8 Å². The highest BCUT2D eigenvalue weighted by atomic mass is 32.1. The van der Waals surface area contributed by atoms with Gasteiger partial charge in [0.2, 0.25) is 5.91 Å². The standard InChI is InChI=1S/C19H21N5O3S/c1-2-12-15(28-17(22-12)16-20-6-3-7-21-16)18(26)23-9-5-19-13(23)11-14(25)24(19)8-4-10-27-19/h3,6-7,13H,2,4-5,8-11H2,1H3/t13-,19+/m1/s1. The molecule has 0 aliphatic carbocycles. The van der Waals surface area contributed by atoms with Gasteiger partial charge in [-0.2, -0.15) is 0 Å². The van der Waals surface area contributed by atoms with Gasteiger partial charge in [0.1, 0.15) is 4.88 Å². The van der Waals surface area contributed by atoms with Crippen molar-refractivity contribution >= 4 is 23.2 Å². The predicted molar refractivity (Wildman–Crippen MR) is 102 cm³/mol. The summed E-state index contributed by atoms with van der Waals surface area (Å²) in [7, 11) is 0. The normalized spacial score (nSPS) is 26.5. The highest BCUT2D eigenvalue weighted by Gasteiger charge is 2.61. The fourth-order valence-electron chi connectivity index (χ4n) is 4.59. The molecule has 28 heavy (non-hydrogen) atoms. The topological polar surface area (TPSA) is 88.5 Å². The van der Waals surface area contributed by atoms with Crippen molar-refractivity contribution in [3.63, 3.8) is 0 Å². The summed E-state index contributed by atoms with van der Waals surface area (Å²) in [4.78, 5) is 43.4. The smallest absolute Gasteiger partial charge is 0.266 e. The quantitative estimate of drug-likeness (QED) is 0.781. The number of aryl methyl sites for hydroxylation is 1. The number of rotatable bonds is 3. The minimum absolute atomic E-state index is 0.0674. The molecule has 3 fully saturated rings. The van der Waals surface area contributed by atoms with E-state index in [1.807, 2.05) is 16.7 Å². The Bertz CT molecular complexity index is 933. The van der Waals surface area contributed by atoms with E-state index in [4.69, 9.17) is 4.74 Å². The van der Waals surface area contributed by atoms with Gasteiger partial charge in [-0.1, -0.05) is 6.92 Å². The third-order valence-corrected chi connectivity index (χ3v) is 6.94. The number of carbonyl (C=O) groups excluding carboxylic acids is 2. The van der Waals surface area contributed by atoms with Crippen molar-refractivity contribution < 1.29 is 14.3 Å². The highest BCUT2D eigenvalue weighted by molar-refractivity contribution is 7.17. The maximum absolute atomic E-state index is 13.5. The first kappa shape index (κ1) is 17.7. The third kappa shape index (κ3) is 2.49. The summed E-state index contributed by atoms with van der Waals surface area (Å²) in [5.74, 6) is 0.541. The van der Waals surface area contributed by atoms with Gasteiger partial charge in [0.25, 0.3) is 5.91 Å². The molecule has 2 amide bonds. The average Bonchev–Trinajstić information content (AvgIpc) is 3.38. The number of thiazole rings is 1. The molecular formula is C19H21N5O3S. The molecule has 5 heterocycles. The Hall–Kier alpha value is -2.39. The second-order valence-corrected chi connectivity index (χ2v) is 8.28. The van der Waals surface area contributed by atoms with Gasteiger partial charge in [-0.05, 0) is 18.9 Å². The van der Waals surface area contributed by atoms with E-state index in [1.54, 1.807) is 18.5 Å². The molecule has 0 radical (unpaired) electrons. The number of likely N-dealkylation sites (tertiary alicyclic amines) is 1. The maximum atomic E-state index is 13.5. The summed E-state index contributed by atoms with van der Waals surface area (Å²) >= 11 is 1.33. The highest BCUT2D eigenvalue weighted by Crippen LogP contribution is 2.45. The lowest BCUT2D eigenvalue weighted by Gasteiger charge is -2.42. The number of carbonyl (C=O) groups is 2. The second kappa shape index (κ2) is 6.59. The van der Waals surface area contributed by atoms with Gasteiger partial charge in [-0.3, -0.25) is 9.59 Å². The lowest BCUT2D eigenvalue weighted by atomic mass is 10.0. The van der Waals surface area contributed by atoms with Gasteiger partial charge in [0, 0.05) is 31.9 Å². The molecule has 0 bridgehead atoms. The van der Waals surface area contributed by atoms with E-state index < -0.39 is 5.72 Å². The zero-order valence-corrected chi connectivity index (χ0v) is 16.4. The van der Waals surface area contributed by atoms with E-state index >= 15 is 0 Å². The fourth-order valence-corrected chi connectivity index (χ4v) is 5.64. The zero-order chi connectivity index (χ0) is 19.3. The first-order chi connectivity index (χ1) is 13.6. The first-order valence-electron chi connectivity index (χ1n) is 9.66. The molecular weight excluding hydrogens is 378 g/mol. The molecule has 0 saturated carbocycles. The molecule has 2 atom stereocenters. The number of hydrogen-bond acceptors (Lipinski definition) is 7. The molecule has 5 rings (SSSR count). The molecule has 2 aromatic rings. The van der Waals surface area contributed by atoms with Gasteiger partial charge in [-0.25, -0.2) is 15.0 Å². The molecule has 2 aromatic heterocycles. The number of ether oxygens (including phenoxy) is 1. The van der Waals surface area contributed by atoms with Crippen LogP contribution < -0.4 is 0 Å². The number of aromatic nitrogens is 3. The molecule has 3 aliphatic rings. The molecule has 0 N–H and O–H groups in total. The Labute approximate surface area is 166 Å². The minimum atomic E-state index is -0.632. The maximum Gasteiger partial charge on any atom is 0.266 e. The van der Waals surface area contributed by atoms with Crippen LogP contribution in [0.5, 0.6) is 0 Å². The third-order valence-electron chi connectivity index (χ3n) is 5.86. The van der Waals surface area contributed by atoms with Crippen molar-refractivity contribution in [1.29, 1.82) is 0 Å². The largest absolute Gasteiger partial charge is 0.353 e. The Morgan fingerprint density at radius 2 is 2.18 bits per heavy atom. The van der Waals surface area contributed by atoms with Gasteiger partial charge >= 0.3 is 0 Å². The van der Waals surface area contributed by atoms with E-state index in [0.717, 1.165) is 12.1 Å². The summed E-state index contributed by atoms with van der Waals surface area (Å²) in [5.41, 5.74) is 0.122. The first-order valence-corrected chi connectivity index (χ1v) is 10.5. The molecule has 3 saturated heterocycles. The van der Waals surface area contributed by atoms with Crippen LogP contribution in [0.1, 0.15) is 41.6 Å². The summed E-state index contributed by atoms with van der Waals surface area (Å²) in [6.45, 7) is 3.93. The molecule has 0 aromatic carbocycles. The van der Waals surface area contributed by atoms with Crippen molar-refractivity contribution in [2.45, 2.75) is 44.4 Å². The van der Waals surface area contributed by atoms with Gasteiger partial charge < -0.3 is 14.5 Å². The predicted octanol–water partition coefficient (Wildman–Crippen LogP) is 1.73. The van der Waals surface area contributed by atoms with Crippen LogP contribution in [-0.2, 0) is 16.0 Å². The molecule has 1 spiro atoms. The van der Waals surface area contributed by atoms with Crippen LogP contribution in [0, 0.1) is 0 Å². The second-order valence-electron chi connectivity index (χ2n) is 7.28. The lowest BCUT2D eigenvalue weighted by molar-refractivity contribution is -0.179. The van der Waals surface area contributed by atoms with E-state index in [9.17, 15) is 9.59 Å². The van der Waals surface area contributed by atoms with Crippen LogP contribution in [0.25, 0.3) is 10.8 Å². The number of hydrogen-bond donors (Lipinski definition) is 0. The van der Waals surface area contributed by atoms with Crippen molar-refractivity contribution in [2.75, 3.05) is 19.7 Å². The number of amides is 2. The van der Waals surface area contributed by atoms with Gasteiger partial charge in [-0.15, -0.1) is 11.3 Å².